The number of hydrogen-bond acceptors (Lipinski definition) is 2. The molecular formula is C13H7F3INO2. The molecule has 0 fully saturated rings. The summed E-state index contributed by atoms with van der Waals surface area (Å²) >= 11 is 1.91. The van der Waals surface area contributed by atoms with Crippen LogP contribution in [0.25, 0.3) is 0 Å². The fourth-order valence-corrected chi connectivity index (χ4v) is 2.28. The zero-order valence-corrected chi connectivity index (χ0v) is 12.0. The van der Waals surface area contributed by atoms with Crippen molar-refractivity contribution in [3.63, 3.8) is 0 Å². The van der Waals surface area contributed by atoms with E-state index in [4.69, 9.17) is 0 Å². The SMILES string of the molecule is O=[N+]([O-])c1c(F)cc(F)cc1Cc1ccc(I)cc1F. The van der Waals surface area contributed by atoms with Crippen LogP contribution < -0.4 is 0 Å². The van der Waals surface area contributed by atoms with E-state index in [1.165, 1.54) is 12.1 Å². The van der Waals surface area contributed by atoms with E-state index in [2.05, 4.69) is 0 Å². The Balaban J connectivity index is 2.50. The lowest BCUT2D eigenvalue weighted by Gasteiger charge is -2.06. The fraction of sp³-hybridized carbons (Fsp3) is 0.0769. The largest absolute Gasteiger partial charge is 0.308 e. The Morgan fingerprint density at radius 2 is 1.75 bits per heavy atom. The number of rotatable bonds is 3. The molecule has 0 N–H and O–H groups in total. The first-order valence-electron chi connectivity index (χ1n) is 5.44. The number of nitro groups is 1. The predicted molar refractivity (Wildman–Crippen MR) is 74.9 cm³/mol. The van der Waals surface area contributed by atoms with Crippen molar-refractivity contribution < 1.29 is 18.1 Å². The van der Waals surface area contributed by atoms with Crippen LogP contribution in [0.5, 0.6) is 0 Å². The fourth-order valence-electron chi connectivity index (χ4n) is 1.83. The Labute approximate surface area is 125 Å². The van der Waals surface area contributed by atoms with Gasteiger partial charge in [-0.25, -0.2) is 8.78 Å². The van der Waals surface area contributed by atoms with Crippen LogP contribution in [0, 0.1) is 31.1 Å². The zero-order chi connectivity index (χ0) is 14.9. The normalized spacial score (nSPS) is 10.6. The highest BCUT2D eigenvalue weighted by Gasteiger charge is 2.22. The maximum Gasteiger partial charge on any atom is 0.308 e. The minimum Gasteiger partial charge on any atom is -0.258 e. The van der Waals surface area contributed by atoms with E-state index in [9.17, 15) is 23.3 Å². The van der Waals surface area contributed by atoms with Gasteiger partial charge in [0, 0.05) is 21.6 Å². The first-order chi connectivity index (χ1) is 9.38. The van der Waals surface area contributed by atoms with Crippen molar-refractivity contribution in [2.24, 2.45) is 0 Å². The summed E-state index contributed by atoms with van der Waals surface area (Å²) < 4.78 is 41.0. The molecule has 2 rings (SSSR count). The van der Waals surface area contributed by atoms with Gasteiger partial charge in [-0.1, -0.05) is 6.07 Å². The lowest BCUT2D eigenvalue weighted by atomic mass is 10.0. The van der Waals surface area contributed by atoms with Crippen molar-refractivity contribution >= 4 is 28.3 Å². The van der Waals surface area contributed by atoms with Gasteiger partial charge in [-0.2, -0.15) is 4.39 Å². The Morgan fingerprint density at radius 3 is 2.35 bits per heavy atom. The molecule has 0 saturated carbocycles. The van der Waals surface area contributed by atoms with E-state index in [0.717, 1.165) is 6.07 Å². The second-order valence-corrected chi connectivity index (χ2v) is 5.31. The van der Waals surface area contributed by atoms with Crippen LogP contribution in [0.15, 0.2) is 30.3 Å². The van der Waals surface area contributed by atoms with Gasteiger partial charge < -0.3 is 0 Å². The molecule has 0 aromatic heterocycles. The number of halogens is 4. The van der Waals surface area contributed by atoms with E-state index in [1.807, 2.05) is 22.6 Å². The van der Waals surface area contributed by atoms with Crippen molar-refractivity contribution in [3.05, 3.63) is 72.6 Å². The summed E-state index contributed by atoms with van der Waals surface area (Å²) in [5.41, 5.74) is -0.893. The third-order valence-corrected chi connectivity index (χ3v) is 3.36. The molecule has 0 spiro atoms. The summed E-state index contributed by atoms with van der Waals surface area (Å²) in [6.07, 6.45) is -0.256. The Hall–Kier alpha value is -1.64. The summed E-state index contributed by atoms with van der Waals surface area (Å²) in [5.74, 6) is -2.78. The van der Waals surface area contributed by atoms with Gasteiger partial charge in [-0.15, -0.1) is 0 Å². The molecule has 0 aliphatic rings. The molecule has 0 bridgehead atoms. The molecule has 20 heavy (non-hydrogen) atoms. The summed E-state index contributed by atoms with van der Waals surface area (Å²) in [4.78, 5) is 9.90. The zero-order valence-electron chi connectivity index (χ0n) is 9.87. The molecule has 0 heterocycles. The Bertz CT molecular complexity index is 692. The summed E-state index contributed by atoms with van der Waals surface area (Å²) in [5, 5.41) is 10.8. The van der Waals surface area contributed by atoms with Gasteiger partial charge in [0.25, 0.3) is 0 Å². The van der Waals surface area contributed by atoms with E-state index < -0.39 is 28.1 Å². The van der Waals surface area contributed by atoms with Crippen LogP contribution in [0.3, 0.4) is 0 Å². The lowest BCUT2D eigenvalue weighted by molar-refractivity contribution is -0.388. The van der Waals surface area contributed by atoms with Gasteiger partial charge in [0.15, 0.2) is 0 Å². The van der Waals surface area contributed by atoms with E-state index in [0.29, 0.717) is 9.64 Å². The molecule has 0 unspecified atom stereocenters. The maximum absolute atomic E-state index is 13.7. The predicted octanol–water partition coefficient (Wildman–Crippen LogP) is 4.21. The van der Waals surface area contributed by atoms with Gasteiger partial charge in [-0.05, 0) is 46.4 Å². The van der Waals surface area contributed by atoms with Gasteiger partial charge >= 0.3 is 5.69 Å². The highest BCUT2D eigenvalue weighted by molar-refractivity contribution is 14.1. The van der Waals surface area contributed by atoms with Gasteiger partial charge in [-0.3, -0.25) is 10.1 Å². The van der Waals surface area contributed by atoms with Crippen LogP contribution in [0.1, 0.15) is 11.1 Å². The van der Waals surface area contributed by atoms with Crippen molar-refractivity contribution in [1.29, 1.82) is 0 Å². The first-order valence-corrected chi connectivity index (χ1v) is 6.52. The lowest BCUT2D eigenvalue weighted by Crippen LogP contribution is -2.02. The third kappa shape index (κ3) is 3.09. The monoisotopic (exact) mass is 393 g/mol. The number of hydrogen-bond donors (Lipinski definition) is 0. The minimum absolute atomic E-state index is 0.138. The van der Waals surface area contributed by atoms with Crippen LogP contribution in [0.2, 0.25) is 0 Å². The van der Waals surface area contributed by atoms with E-state index >= 15 is 0 Å². The topological polar surface area (TPSA) is 43.1 Å². The van der Waals surface area contributed by atoms with Crippen molar-refractivity contribution in [2.75, 3.05) is 0 Å². The second kappa shape index (κ2) is 5.78. The minimum atomic E-state index is -1.27. The Morgan fingerprint density at radius 1 is 1.05 bits per heavy atom. The number of nitro benzene ring substituents is 1. The molecule has 0 aliphatic heterocycles. The summed E-state index contributed by atoms with van der Waals surface area (Å²) in [6.45, 7) is 0. The van der Waals surface area contributed by atoms with Crippen molar-refractivity contribution in [2.45, 2.75) is 6.42 Å². The van der Waals surface area contributed by atoms with Gasteiger partial charge in [0.2, 0.25) is 5.82 Å². The molecule has 3 nitrogen and oxygen atoms in total. The average molecular weight is 393 g/mol. The van der Waals surface area contributed by atoms with E-state index in [1.54, 1.807) is 6.07 Å². The quantitative estimate of drug-likeness (QED) is 0.446. The third-order valence-electron chi connectivity index (χ3n) is 2.69. The standard InChI is InChI=1S/C13H7F3INO2/c14-9-4-8(13(18(19)20)12(16)5-9)3-7-1-2-10(17)6-11(7)15/h1-2,4-6H,3H2. The smallest absolute Gasteiger partial charge is 0.258 e. The molecular weight excluding hydrogens is 386 g/mol. The molecule has 104 valence electrons. The van der Waals surface area contributed by atoms with E-state index in [-0.39, 0.29) is 17.5 Å². The molecule has 0 radical (unpaired) electrons. The maximum atomic E-state index is 13.7. The first kappa shape index (κ1) is 14.8. The molecule has 0 atom stereocenters. The van der Waals surface area contributed by atoms with Gasteiger partial charge in [0.05, 0.1) is 4.92 Å². The second-order valence-electron chi connectivity index (χ2n) is 4.06. The molecule has 2 aromatic rings. The molecule has 7 heteroatoms. The number of nitrogens with zero attached hydrogens (tertiary/aromatic N) is 1. The average Bonchev–Trinajstić information content (AvgIpc) is 2.31. The Kier molecular flexibility index (Phi) is 4.26. The van der Waals surface area contributed by atoms with Crippen LogP contribution in [-0.2, 0) is 6.42 Å². The molecule has 0 aliphatic carbocycles. The molecule has 0 amide bonds. The van der Waals surface area contributed by atoms with Crippen LogP contribution in [-0.4, -0.2) is 4.92 Å². The molecule has 0 saturated heterocycles. The summed E-state index contributed by atoms with van der Waals surface area (Å²) in [6, 6.07) is 5.58. The highest BCUT2D eigenvalue weighted by atomic mass is 127. The van der Waals surface area contributed by atoms with Crippen molar-refractivity contribution in [1.82, 2.24) is 0 Å². The van der Waals surface area contributed by atoms with Crippen LogP contribution in [0.4, 0.5) is 18.9 Å². The highest BCUT2D eigenvalue weighted by Crippen LogP contribution is 2.27. The molecule has 2 aromatic carbocycles. The van der Waals surface area contributed by atoms with Crippen molar-refractivity contribution in [3.8, 4) is 0 Å². The van der Waals surface area contributed by atoms with Gasteiger partial charge in [0.1, 0.15) is 11.6 Å². The summed E-state index contributed by atoms with van der Waals surface area (Å²) in [7, 11) is 0. The number of benzene rings is 2. The van der Waals surface area contributed by atoms with Crippen LogP contribution >= 0.6 is 22.6 Å².